The molecule has 0 bridgehead atoms. The third-order valence-corrected chi connectivity index (χ3v) is 3.62. The molecule has 0 N–H and O–H groups in total. The Kier molecular flexibility index (Phi) is 4.48. The van der Waals surface area contributed by atoms with Crippen LogP contribution in [0.25, 0.3) is 0 Å². The number of carbonyl (C=O) groups excluding carboxylic acids is 2. The van der Waals surface area contributed by atoms with Crippen LogP contribution in [0.3, 0.4) is 0 Å². The molecular weight excluding hydrogens is 320 g/mol. The minimum atomic E-state index is -0.899. The van der Waals surface area contributed by atoms with Crippen LogP contribution in [-0.2, 0) is 9.53 Å². The highest BCUT2D eigenvalue weighted by Crippen LogP contribution is 2.31. The highest BCUT2D eigenvalue weighted by Gasteiger charge is 2.29. The average molecular weight is 333 g/mol. The predicted molar refractivity (Wildman–Crippen MR) is 83.1 cm³/mol. The first-order valence-corrected chi connectivity index (χ1v) is 7.36. The summed E-state index contributed by atoms with van der Waals surface area (Å²) in [5.74, 6) is 0.0165. The van der Waals surface area contributed by atoms with E-state index >= 15 is 0 Å². The molecule has 0 aliphatic carbocycles. The van der Waals surface area contributed by atoms with E-state index in [-0.39, 0.29) is 12.4 Å². The van der Waals surface area contributed by atoms with Gasteiger partial charge in [-0.1, -0.05) is 35.9 Å². The van der Waals surface area contributed by atoms with Gasteiger partial charge in [-0.2, -0.15) is 0 Å². The van der Waals surface area contributed by atoms with E-state index in [0.29, 0.717) is 22.1 Å². The van der Waals surface area contributed by atoms with E-state index in [2.05, 4.69) is 0 Å². The van der Waals surface area contributed by atoms with E-state index in [1.165, 1.54) is 0 Å². The van der Waals surface area contributed by atoms with Gasteiger partial charge >= 0.3 is 5.97 Å². The van der Waals surface area contributed by atoms with Crippen molar-refractivity contribution in [1.29, 1.82) is 0 Å². The SMILES string of the molecule is O=C(COC(=O)[C@H]1COc2ccccc2O1)c1ccccc1Cl. The van der Waals surface area contributed by atoms with Crippen LogP contribution in [-0.4, -0.2) is 31.1 Å². The number of benzene rings is 2. The van der Waals surface area contributed by atoms with Crippen LogP contribution in [0.4, 0.5) is 0 Å². The monoisotopic (exact) mass is 332 g/mol. The second-order valence-electron chi connectivity index (χ2n) is 4.87. The molecule has 23 heavy (non-hydrogen) atoms. The Bertz CT molecular complexity index is 743. The number of Topliss-reactive ketones (excluding diaryl/α,β-unsaturated/α-hetero) is 1. The molecule has 2 aromatic rings. The number of fused-ring (bicyclic) bond motifs is 1. The summed E-state index contributed by atoms with van der Waals surface area (Å²) in [5.41, 5.74) is 0.313. The quantitative estimate of drug-likeness (QED) is 0.636. The third-order valence-electron chi connectivity index (χ3n) is 3.29. The molecule has 1 aliphatic rings. The van der Waals surface area contributed by atoms with Gasteiger partial charge in [-0.25, -0.2) is 4.79 Å². The lowest BCUT2D eigenvalue weighted by molar-refractivity contribution is -0.153. The Labute approximate surface area is 137 Å². The number of para-hydroxylation sites is 2. The molecule has 2 aromatic carbocycles. The first-order valence-electron chi connectivity index (χ1n) is 6.98. The summed E-state index contributed by atoms with van der Waals surface area (Å²) >= 11 is 5.93. The van der Waals surface area contributed by atoms with E-state index in [1.54, 1.807) is 42.5 Å². The number of hydrogen-bond acceptors (Lipinski definition) is 5. The van der Waals surface area contributed by atoms with Gasteiger partial charge in [0, 0.05) is 5.56 Å². The molecule has 0 radical (unpaired) electrons. The maximum atomic E-state index is 12.0. The maximum Gasteiger partial charge on any atom is 0.351 e. The first kappa shape index (κ1) is 15.4. The molecule has 0 saturated heterocycles. The normalized spacial score (nSPS) is 15.8. The van der Waals surface area contributed by atoms with Gasteiger partial charge in [-0.05, 0) is 24.3 Å². The van der Waals surface area contributed by atoms with E-state index < -0.39 is 18.7 Å². The van der Waals surface area contributed by atoms with Gasteiger partial charge in [0.2, 0.25) is 11.9 Å². The van der Waals surface area contributed by atoms with Gasteiger partial charge in [-0.15, -0.1) is 0 Å². The molecule has 3 rings (SSSR count). The van der Waals surface area contributed by atoms with Gasteiger partial charge in [0.1, 0.15) is 6.61 Å². The topological polar surface area (TPSA) is 61.8 Å². The molecule has 0 spiro atoms. The molecule has 0 saturated carbocycles. The Morgan fingerprint density at radius 2 is 1.78 bits per heavy atom. The number of ether oxygens (including phenoxy) is 3. The Balaban J connectivity index is 1.58. The Hall–Kier alpha value is -2.53. The summed E-state index contributed by atoms with van der Waals surface area (Å²) in [7, 11) is 0. The molecule has 1 aliphatic heterocycles. The minimum absolute atomic E-state index is 0.0378. The molecule has 118 valence electrons. The van der Waals surface area contributed by atoms with Crippen molar-refractivity contribution < 1.29 is 23.8 Å². The van der Waals surface area contributed by atoms with Gasteiger partial charge < -0.3 is 14.2 Å². The van der Waals surface area contributed by atoms with Crippen LogP contribution in [0.15, 0.2) is 48.5 Å². The van der Waals surface area contributed by atoms with Gasteiger partial charge in [0.05, 0.1) is 5.02 Å². The van der Waals surface area contributed by atoms with Crippen LogP contribution in [0, 0.1) is 0 Å². The average Bonchev–Trinajstić information content (AvgIpc) is 2.59. The standard InChI is InChI=1S/C17H13ClO5/c18-12-6-2-1-5-11(12)13(19)9-22-17(20)16-10-21-14-7-3-4-8-15(14)23-16/h1-8,16H,9-10H2/t16-/m1/s1. The Morgan fingerprint density at radius 1 is 1.09 bits per heavy atom. The second-order valence-corrected chi connectivity index (χ2v) is 5.28. The van der Waals surface area contributed by atoms with Crippen molar-refractivity contribution in [3.05, 3.63) is 59.1 Å². The zero-order chi connectivity index (χ0) is 16.2. The maximum absolute atomic E-state index is 12.0. The van der Waals surface area contributed by atoms with E-state index in [0.717, 1.165) is 0 Å². The molecule has 0 unspecified atom stereocenters. The van der Waals surface area contributed by atoms with E-state index in [1.807, 2.05) is 6.07 Å². The molecule has 6 heteroatoms. The van der Waals surface area contributed by atoms with Crippen molar-refractivity contribution >= 4 is 23.4 Å². The molecule has 0 amide bonds. The number of rotatable bonds is 4. The summed E-state index contributed by atoms with van der Waals surface area (Å²) in [4.78, 5) is 24.0. The molecule has 1 heterocycles. The van der Waals surface area contributed by atoms with Crippen LogP contribution in [0.5, 0.6) is 11.5 Å². The molecule has 1 atom stereocenters. The van der Waals surface area contributed by atoms with Gasteiger partial charge in [-0.3, -0.25) is 4.79 Å². The molecule has 5 nitrogen and oxygen atoms in total. The smallest absolute Gasteiger partial charge is 0.351 e. The fraction of sp³-hybridized carbons (Fsp3) is 0.176. The lowest BCUT2D eigenvalue weighted by atomic mass is 10.1. The number of hydrogen-bond donors (Lipinski definition) is 0. The first-order chi connectivity index (χ1) is 11.1. The molecule has 0 fully saturated rings. The summed E-state index contributed by atoms with van der Waals surface area (Å²) in [5, 5.41) is 0.319. The summed E-state index contributed by atoms with van der Waals surface area (Å²) in [6.45, 7) is -0.361. The van der Waals surface area contributed by atoms with Crippen molar-refractivity contribution in [2.45, 2.75) is 6.10 Å². The summed E-state index contributed by atoms with van der Waals surface area (Å²) in [6, 6.07) is 13.6. The fourth-order valence-corrected chi connectivity index (χ4v) is 2.37. The van der Waals surface area contributed by atoms with E-state index in [4.69, 9.17) is 25.8 Å². The van der Waals surface area contributed by atoms with Crippen LogP contribution in [0.1, 0.15) is 10.4 Å². The lowest BCUT2D eigenvalue weighted by Crippen LogP contribution is -2.38. The van der Waals surface area contributed by atoms with Crippen molar-refractivity contribution in [3.8, 4) is 11.5 Å². The Morgan fingerprint density at radius 3 is 2.57 bits per heavy atom. The van der Waals surface area contributed by atoms with Gasteiger partial charge in [0.25, 0.3) is 0 Å². The lowest BCUT2D eigenvalue weighted by Gasteiger charge is -2.24. The fourth-order valence-electron chi connectivity index (χ4n) is 2.13. The van der Waals surface area contributed by atoms with Gasteiger partial charge in [0.15, 0.2) is 18.1 Å². The molecule has 0 aromatic heterocycles. The predicted octanol–water partition coefficient (Wildman–Crippen LogP) is 2.91. The zero-order valence-electron chi connectivity index (χ0n) is 12.0. The largest absolute Gasteiger partial charge is 0.485 e. The summed E-state index contributed by atoms with van der Waals surface area (Å²) < 4.78 is 16.0. The number of esters is 1. The highest BCUT2D eigenvalue weighted by molar-refractivity contribution is 6.34. The minimum Gasteiger partial charge on any atom is -0.485 e. The zero-order valence-corrected chi connectivity index (χ0v) is 12.8. The number of halogens is 1. The second kappa shape index (κ2) is 6.71. The van der Waals surface area contributed by atoms with Crippen LogP contribution in [0.2, 0.25) is 5.02 Å². The van der Waals surface area contributed by atoms with Crippen molar-refractivity contribution in [1.82, 2.24) is 0 Å². The van der Waals surface area contributed by atoms with Crippen molar-refractivity contribution in [3.63, 3.8) is 0 Å². The third kappa shape index (κ3) is 3.46. The van der Waals surface area contributed by atoms with Crippen molar-refractivity contribution in [2.24, 2.45) is 0 Å². The summed E-state index contributed by atoms with van der Waals surface area (Å²) in [6.07, 6.45) is -0.899. The van der Waals surface area contributed by atoms with Crippen LogP contribution >= 0.6 is 11.6 Å². The number of carbonyl (C=O) groups is 2. The van der Waals surface area contributed by atoms with Crippen LogP contribution < -0.4 is 9.47 Å². The number of ketones is 1. The van der Waals surface area contributed by atoms with E-state index in [9.17, 15) is 9.59 Å². The highest BCUT2D eigenvalue weighted by atomic mass is 35.5. The van der Waals surface area contributed by atoms with Crippen molar-refractivity contribution in [2.75, 3.05) is 13.2 Å². The molecular formula is C17H13ClO5.